The number of thiazole rings is 1. The molecule has 9 heteroatoms. The predicted molar refractivity (Wildman–Crippen MR) is 82.6 cm³/mol. The van der Waals surface area contributed by atoms with E-state index in [1.165, 1.54) is 24.6 Å². The molecule has 1 amide bonds. The van der Waals surface area contributed by atoms with E-state index in [-0.39, 0.29) is 24.1 Å². The normalized spacial score (nSPS) is 10.2. The van der Waals surface area contributed by atoms with Gasteiger partial charge in [-0.1, -0.05) is 0 Å². The third-order valence-corrected chi connectivity index (χ3v) is 4.32. The highest BCUT2D eigenvalue weighted by Gasteiger charge is 2.12. The second-order valence-corrected chi connectivity index (χ2v) is 5.95. The van der Waals surface area contributed by atoms with Crippen molar-refractivity contribution in [1.82, 2.24) is 4.98 Å². The molecule has 0 aliphatic carbocycles. The number of thioether (sulfide) groups is 1. The summed E-state index contributed by atoms with van der Waals surface area (Å²) < 4.78 is 5.25. The first-order chi connectivity index (χ1) is 10.6. The van der Waals surface area contributed by atoms with Gasteiger partial charge in [0.15, 0.2) is 11.3 Å². The molecule has 2 aromatic heterocycles. The van der Waals surface area contributed by atoms with Crippen molar-refractivity contribution in [1.29, 1.82) is 0 Å². The number of ether oxygens (including phenoxy) is 1. The van der Waals surface area contributed by atoms with Crippen LogP contribution in [-0.4, -0.2) is 29.7 Å². The molecule has 2 aromatic rings. The molecular formula is C13H13N3O4S2. The van der Waals surface area contributed by atoms with Crippen LogP contribution in [0, 0.1) is 5.21 Å². The molecule has 22 heavy (non-hydrogen) atoms. The molecule has 0 bridgehead atoms. The minimum atomic E-state index is -0.386. The summed E-state index contributed by atoms with van der Waals surface area (Å²) in [6, 6.07) is 4.99. The lowest BCUT2D eigenvalue weighted by molar-refractivity contribution is -0.645. The van der Waals surface area contributed by atoms with Gasteiger partial charge in [-0.2, -0.15) is 4.73 Å². The zero-order valence-electron chi connectivity index (χ0n) is 11.6. The van der Waals surface area contributed by atoms with Crippen LogP contribution in [-0.2, 0) is 20.7 Å². The Hall–Kier alpha value is -2.13. The van der Waals surface area contributed by atoms with Gasteiger partial charge in [0.25, 0.3) is 5.03 Å². The van der Waals surface area contributed by atoms with Gasteiger partial charge in [0, 0.05) is 17.5 Å². The Morgan fingerprint density at radius 3 is 3.05 bits per heavy atom. The molecule has 2 rings (SSSR count). The molecular weight excluding hydrogens is 326 g/mol. The maximum absolute atomic E-state index is 11.8. The Kier molecular flexibility index (Phi) is 5.73. The van der Waals surface area contributed by atoms with Gasteiger partial charge in [-0.15, -0.1) is 11.3 Å². The summed E-state index contributed by atoms with van der Waals surface area (Å²) in [4.78, 5) is 27.1. The van der Waals surface area contributed by atoms with E-state index >= 15 is 0 Å². The van der Waals surface area contributed by atoms with Gasteiger partial charge in [0.05, 0.1) is 25.0 Å². The monoisotopic (exact) mass is 339 g/mol. The number of amides is 1. The number of hydrogen-bond donors (Lipinski definition) is 1. The molecule has 0 aromatic carbocycles. The number of pyridine rings is 1. The topological polar surface area (TPSA) is 95.2 Å². The van der Waals surface area contributed by atoms with Crippen LogP contribution in [0.3, 0.4) is 0 Å². The fourth-order valence-electron chi connectivity index (χ4n) is 1.48. The van der Waals surface area contributed by atoms with E-state index in [0.29, 0.717) is 20.6 Å². The summed E-state index contributed by atoms with van der Waals surface area (Å²) in [6.45, 7) is 0. The number of aromatic nitrogens is 2. The maximum Gasteiger partial charge on any atom is 0.311 e. The Balaban J connectivity index is 1.85. The summed E-state index contributed by atoms with van der Waals surface area (Å²) in [5.41, 5.74) is 0.542. The molecule has 1 N–H and O–H groups in total. The molecule has 0 unspecified atom stereocenters. The maximum atomic E-state index is 11.8. The molecule has 116 valence electrons. The van der Waals surface area contributed by atoms with Crippen molar-refractivity contribution in [2.24, 2.45) is 0 Å². The third kappa shape index (κ3) is 4.71. The summed E-state index contributed by atoms with van der Waals surface area (Å²) in [7, 11) is 1.31. The van der Waals surface area contributed by atoms with E-state index in [4.69, 9.17) is 0 Å². The van der Waals surface area contributed by atoms with E-state index in [0.717, 1.165) is 11.8 Å². The van der Waals surface area contributed by atoms with Gasteiger partial charge < -0.3 is 15.3 Å². The fraction of sp³-hybridized carbons (Fsp3) is 0.231. The predicted octanol–water partition coefficient (Wildman–Crippen LogP) is 1.22. The van der Waals surface area contributed by atoms with E-state index in [9.17, 15) is 14.8 Å². The number of hydrogen-bond acceptors (Lipinski definition) is 7. The lowest BCUT2D eigenvalue weighted by Gasteiger charge is -2.03. The lowest BCUT2D eigenvalue weighted by Crippen LogP contribution is -2.28. The number of nitrogens with one attached hydrogen (secondary N) is 1. The standard InChI is InChI=1S/C13H13N3O4S2/c1-20-12(18)6-9-7-22-13(14-9)15-10(17)8-21-11-4-2-3-5-16(11)19/h2-5,7H,6,8H2,1H3,(H,14,15,17). The molecule has 0 radical (unpaired) electrons. The largest absolute Gasteiger partial charge is 0.618 e. The number of carbonyl (C=O) groups excluding carboxylic acids is 2. The zero-order chi connectivity index (χ0) is 15.9. The van der Waals surface area contributed by atoms with E-state index < -0.39 is 0 Å². The number of nitrogens with zero attached hydrogens (tertiary/aromatic N) is 2. The first-order valence-electron chi connectivity index (χ1n) is 6.20. The number of carbonyl (C=O) groups is 2. The molecule has 0 aliphatic rings. The van der Waals surface area contributed by atoms with Crippen molar-refractivity contribution in [3.8, 4) is 0 Å². The lowest BCUT2D eigenvalue weighted by atomic mass is 10.3. The SMILES string of the molecule is COC(=O)Cc1csc(NC(=O)CSc2cccc[n+]2[O-])n1. The van der Waals surface area contributed by atoms with Crippen LogP contribution in [0.4, 0.5) is 5.13 Å². The second-order valence-electron chi connectivity index (χ2n) is 4.10. The average Bonchev–Trinajstić information content (AvgIpc) is 2.93. The first kappa shape index (κ1) is 16.2. The van der Waals surface area contributed by atoms with Gasteiger partial charge in [-0.25, -0.2) is 4.98 Å². The fourth-order valence-corrected chi connectivity index (χ4v) is 2.93. The molecule has 0 fully saturated rings. The number of methoxy groups -OCH3 is 1. The van der Waals surface area contributed by atoms with E-state index in [1.807, 2.05) is 0 Å². The van der Waals surface area contributed by atoms with Gasteiger partial charge in [-0.05, 0) is 17.8 Å². The van der Waals surface area contributed by atoms with Gasteiger partial charge in [-0.3, -0.25) is 9.59 Å². The summed E-state index contributed by atoms with van der Waals surface area (Å²) in [5, 5.41) is 16.6. The van der Waals surface area contributed by atoms with Gasteiger partial charge >= 0.3 is 5.97 Å². The first-order valence-corrected chi connectivity index (χ1v) is 8.07. The van der Waals surface area contributed by atoms with Gasteiger partial charge in [0.2, 0.25) is 5.91 Å². The highest BCUT2D eigenvalue weighted by molar-refractivity contribution is 7.99. The molecule has 0 atom stereocenters. The molecule has 0 saturated heterocycles. The molecule has 2 heterocycles. The molecule has 7 nitrogen and oxygen atoms in total. The van der Waals surface area contributed by atoms with Crippen LogP contribution in [0.1, 0.15) is 5.69 Å². The highest BCUT2D eigenvalue weighted by atomic mass is 32.2. The van der Waals surface area contributed by atoms with Crippen molar-refractivity contribution in [3.05, 3.63) is 40.7 Å². The summed E-state index contributed by atoms with van der Waals surface area (Å²) >= 11 is 2.36. The molecule has 0 aliphatic heterocycles. The number of esters is 1. The minimum Gasteiger partial charge on any atom is -0.618 e. The summed E-state index contributed by atoms with van der Waals surface area (Å²) in [5.74, 6) is -0.561. The second kappa shape index (κ2) is 7.76. The quantitative estimate of drug-likeness (QED) is 0.368. The Morgan fingerprint density at radius 2 is 2.32 bits per heavy atom. The van der Waals surface area contributed by atoms with Crippen molar-refractivity contribution < 1.29 is 19.1 Å². The van der Waals surface area contributed by atoms with Crippen LogP contribution < -0.4 is 10.0 Å². The Morgan fingerprint density at radius 1 is 1.50 bits per heavy atom. The number of rotatable bonds is 6. The average molecular weight is 339 g/mol. The summed E-state index contributed by atoms with van der Waals surface area (Å²) in [6.07, 6.45) is 1.44. The Bertz CT molecular complexity index is 675. The Labute approximate surface area is 134 Å². The molecule has 0 spiro atoms. The zero-order valence-corrected chi connectivity index (χ0v) is 13.3. The van der Waals surface area contributed by atoms with E-state index in [2.05, 4.69) is 15.0 Å². The van der Waals surface area contributed by atoms with Crippen molar-refractivity contribution in [2.75, 3.05) is 18.2 Å². The van der Waals surface area contributed by atoms with Crippen LogP contribution in [0.15, 0.2) is 34.8 Å². The number of anilines is 1. The highest BCUT2D eigenvalue weighted by Crippen LogP contribution is 2.18. The van der Waals surface area contributed by atoms with Crippen LogP contribution in [0.2, 0.25) is 0 Å². The van der Waals surface area contributed by atoms with E-state index in [1.54, 1.807) is 23.6 Å². The molecule has 0 saturated carbocycles. The smallest absolute Gasteiger partial charge is 0.311 e. The van der Waals surface area contributed by atoms with Crippen LogP contribution >= 0.6 is 23.1 Å². The van der Waals surface area contributed by atoms with Crippen molar-refractivity contribution >= 4 is 40.1 Å². The van der Waals surface area contributed by atoms with Crippen molar-refractivity contribution in [2.45, 2.75) is 11.4 Å². The van der Waals surface area contributed by atoms with Gasteiger partial charge in [0.1, 0.15) is 0 Å². The third-order valence-electron chi connectivity index (χ3n) is 2.49. The van der Waals surface area contributed by atoms with Crippen molar-refractivity contribution in [3.63, 3.8) is 0 Å². The van der Waals surface area contributed by atoms with Crippen LogP contribution in [0.25, 0.3) is 0 Å². The van der Waals surface area contributed by atoms with Crippen LogP contribution in [0.5, 0.6) is 0 Å². The minimum absolute atomic E-state index is 0.0673.